The minimum Gasteiger partial charge on any atom is -0.456 e. The summed E-state index contributed by atoms with van der Waals surface area (Å²) in [5.74, 6) is 1.84. The lowest BCUT2D eigenvalue weighted by Crippen LogP contribution is -2.26. The Bertz CT molecular complexity index is 2230. The maximum Gasteiger partial charge on any atom is 0.135 e. The van der Waals surface area contributed by atoms with Gasteiger partial charge < -0.3 is 4.74 Å². The molecule has 0 fully saturated rings. The van der Waals surface area contributed by atoms with Crippen LogP contribution in [0, 0.1) is 0 Å². The zero-order chi connectivity index (χ0) is 27.4. The summed E-state index contributed by atoms with van der Waals surface area (Å²) in [7, 11) is 0. The van der Waals surface area contributed by atoms with Crippen LogP contribution in [0.4, 0.5) is 0 Å². The van der Waals surface area contributed by atoms with Crippen molar-refractivity contribution in [3.8, 4) is 56.0 Å². The number of para-hydroxylation sites is 1. The van der Waals surface area contributed by atoms with Crippen LogP contribution in [0.1, 0.15) is 22.3 Å². The molecule has 0 bridgehead atoms. The van der Waals surface area contributed by atoms with Gasteiger partial charge in [-0.2, -0.15) is 0 Å². The molecule has 2 aliphatic carbocycles. The molecule has 1 nitrogen and oxygen atoms in total. The van der Waals surface area contributed by atoms with E-state index < -0.39 is 5.41 Å². The van der Waals surface area contributed by atoms with E-state index in [1.165, 1.54) is 72.0 Å². The summed E-state index contributed by atoms with van der Waals surface area (Å²) >= 11 is 0. The van der Waals surface area contributed by atoms with E-state index in [0.29, 0.717) is 0 Å². The first kappa shape index (κ1) is 22.3. The largest absolute Gasteiger partial charge is 0.456 e. The van der Waals surface area contributed by atoms with Crippen molar-refractivity contribution in [2.75, 3.05) is 0 Å². The smallest absolute Gasteiger partial charge is 0.135 e. The molecule has 1 heteroatoms. The zero-order valence-electron chi connectivity index (χ0n) is 22.8. The average molecular weight is 533 g/mol. The van der Waals surface area contributed by atoms with Crippen LogP contribution in [0.15, 0.2) is 146 Å². The van der Waals surface area contributed by atoms with Crippen molar-refractivity contribution in [2.24, 2.45) is 0 Å². The highest BCUT2D eigenvalue weighted by Crippen LogP contribution is 2.64. The standard InChI is InChI=1S/C41H24O/c1-5-19-34-26(11-1)27-12-2-6-20-35(27)41(34)36-21-7-3-13-28(36)33-18-10-17-32(40(33)41)25-23-24-38-39-30(25)15-9-16-31(39)29-14-4-8-22-37(29)42-38/h1-24H. The van der Waals surface area contributed by atoms with Crippen molar-refractivity contribution in [1.29, 1.82) is 0 Å². The van der Waals surface area contributed by atoms with E-state index in [2.05, 4.69) is 140 Å². The van der Waals surface area contributed by atoms with Crippen LogP contribution >= 0.6 is 0 Å². The number of fused-ring (bicyclic) bond motifs is 12. The van der Waals surface area contributed by atoms with Gasteiger partial charge in [0.15, 0.2) is 0 Å². The van der Waals surface area contributed by atoms with Crippen molar-refractivity contribution < 1.29 is 4.74 Å². The highest BCUT2D eigenvalue weighted by atomic mass is 16.5. The monoisotopic (exact) mass is 532 g/mol. The van der Waals surface area contributed by atoms with Gasteiger partial charge in [-0.3, -0.25) is 0 Å². The van der Waals surface area contributed by atoms with E-state index in [1.54, 1.807) is 0 Å². The summed E-state index contributed by atoms with van der Waals surface area (Å²) in [6, 6.07) is 53.4. The van der Waals surface area contributed by atoms with Crippen molar-refractivity contribution in [3.05, 3.63) is 168 Å². The first-order valence-corrected chi connectivity index (χ1v) is 14.6. The van der Waals surface area contributed by atoms with Crippen LogP contribution in [0.3, 0.4) is 0 Å². The molecule has 0 amide bonds. The van der Waals surface area contributed by atoms with E-state index in [0.717, 1.165) is 17.1 Å². The maximum absolute atomic E-state index is 6.47. The molecule has 42 heavy (non-hydrogen) atoms. The molecule has 3 aliphatic rings. The minimum absolute atomic E-state index is 0.390. The van der Waals surface area contributed by atoms with E-state index in [4.69, 9.17) is 4.74 Å². The Hall–Kier alpha value is -5.40. The Morgan fingerprint density at radius 1 is 0.333 bits per heavy atom. The lowest BCUT2D eigenvalue weighted by molar-refractivity contribution is 0.487. The number of hydrogen-bond donors (Lipinski definition) is 0. The predicted molar refractivity (Wildman–Crippen MR) is 171 cm³/mol. The molecular weight excluding hydrogens is 508 g/mol. The molecule has 7 aromatic rings. The summed E-state index contributed by atoms with van der Waals surface area (Å²) in [5, 5.41) is 2.40. The van der Waals surface area contributed by atoms with E-state index in [-0.39, 0.29) is 0 Å². The van der Waals surface area contributed by atoms with Crippen molar-refractivity contribution >= 4 is 10.8 Å². The van der Waals surface area contributed by atoms with Crippen LogP contribution < -0.4 is 4.74 Å². The molecule has 10 rings (SSSR count). The van der Waals surface area contributed by atoms with Crippen molar-refractivity contribution in [3.63, 3.8) is 0 Å². The van der Waals surface area contributed by atoms with E-state index >= 15 is 0 Å². The minimum atomic E-state index is -0.390. The number of hydrogen-bond acceptors (Lipinski definition) is 1. The fourth-order valence-electron chi connectivity index (χ4n) is 8.19. The molecule has 194 valence electrons. The third kappa shape index (κ3) is 2.56. The van der Waals surface area contributed by atoms with Gasteiger partial charge in [0.25, 0.3) is 0 Å². The van der Waals surface area contributed by atoms with Gasteiger partial charge in [-0.25, -0.2) is 0 Å². The second-order valence-corrected chi connectivity index (χ2v) is 11.6. The second kappa shape index (κ2) is 7.87. The van der Waals surface area contributed by atoms with Crippen LogP contribution in [0.5, 0.6) is 11.5 Å². The summed E-state index contributed by atoms with van der Waals surface area (Å²) < 4.78 is 6.47. The Balaban J connectivity index is 1.35. The lowest BCUT2D eigenvalue weighted by atomic mass is 9.68. The second-order valence-electron chi connectivity index (χ2n) is 11.6. The molecule has 1 heterocycles. The first-order chi connectivity index (χ1) is 20.9. The number of ether oxygens (including phenoxy) is 1. The van der Waals surface area contributed by atoms with Crippen molar-refractivity contribution in [1.82, 2.24) is 0 Å². The van der Waals surface area contributed by atoms with Crippen molar-refractivity contribution in [2.45, 2.75) is 5.41 Å². The van der Waals surface area contributed by atoms with Gasteiger partial charge in [-0.1, -0.05) is 133 Å². The highest BCUT2D eigenvalue weighted by molar-refractivity contribution is 6.11. The van der Waals surface area contributed by atoms with Gasteiger partial charge >= 0.3 is 0 Å². The summed E-state index contributed by atoms with van der Waals surface area (Å²) in [5.41, 5.74) is 15.3. The fourth-order valence-corrected chi connectivity index (χ4v) is 8.19. The molecule has 7 aromatic carbocycles. The number of benzene rings is 7. The SMILES string of the molecule is c1ccc2c(c1)Oc1ccc(-c3cccc4c3C3(c5ccccc5-c5ccccc53)c3ccccc3-4)c3cccc-2c13. The van der Waals surface area contributed by atoms with Gasteiger partial charge in [-0.05, 0) is 78.7 Å². The molecule has 1 aliphatic heterocycles. The molecule has 0 unspecified atom stereocenters. The van der Waals surface area contributed by atoms with Gasteiger partial charge in [0, 0.05) is 10.9 Å². The highest BCUT2D eigenvalue weighted by Gasteiger charge is 2.52. The van der Waals surface area contributed by atoms with E-state index in [1.807, 2.05) is 6.07 Å². The molecular formula is C41H24O. The van der Waals surface area contributed by atoms with Gasteiger partial charge in [0.2, 0.25) is 0 Å². The third-order valence-electron chi connectivity index (χ3n) is 9.70. The van der Waals surface area contributed by atoms with Gasteiger partial charge in [0.05, 0.1) is 5.41 Å². The van der Waals surface area contributed by atoms with Gasteiger partial charge in [0.1, 0.15) is 11.5 Å². The summed E-state index contributed by atoms with van der Waals surface area (Å²) in [6.45, 7) is 0. The van der Waals surface area contributed by atoms with Crippen LogP contribution in [0.25, 0.3) is 55.3 Å². The maximum atomic E-state index is 6.47. The average Bonchev–Trinajstić information content (AvgIpc) is 3.53. The lowest BCUT2D eigenvalue weighted by Gasteiger charge is -2.32. The van der Waals surface area contributed by atoms with Crippen LogP contribution in [0.2, 0.25) is 0 Å². The Morgan fingerprint density at radius 2 is 0.833 bits per heavy atom. The third-order valence-corrected chi connectivity index (χ3v) is 9.70. The molecule has 0 radical (unpaired) electrons. The molecule has 0 N–H and O–H groups in total. The Morgan fingerprint density at radius 3 is 1.52 bits per heavy atom. The number of rotatable bonds is 1. The Kier molecular flexibility index (Phi) is 4.18. The Labute approximate surface area is 244 Å². The van der Waals surface area contributed by atoms with E-state index in [9.17, 15) is 0 Å². The predicted octanol–water partition coefficient (Wildman–Crippen LogP) is 10.6. The molecule has 0 atom stereocenters. The van der Waals surface area contributed by atoms with Crippen LogP contribution in [-0.4, -0.2) is 0 Å². The van der Waals surface area contributed by atoms with Gasteiger partial charge in [-0.15, -0.1) is 0 Å². The summed E-state index contributed by atoms with van der Waals surface area (Å²) in [6.07, 6.45) is 0. The van der Waals surface area contributed by atoms with Crippen LogP contribution in [-0.2, 0) is 5.41 Å². The quantitative estimate of drug-likeness (QED) is 0.204. The topological polar surface area (TPSA) is 9.23 Å². The first-order valence-electron chi connectivity index (χ1n) is 14.6. The zero-order valence-corrected chi connectivity index (χ0v) is 22.8. The molecule has 1 spiro atoms. The fraction of sp³-hybridized carbons (Fsp3) is 0.0244. The molecule has 0 aromatic heterocycles. The summed E-state index contributed by atoms with van der Waals surface area (Å²) in [4.78, 5) is 0. The molecule has 0 saturated carbocycles. The molecule has 0 saturated heterocycles. The normalized spacial score (nSPS) is 14.1.